The van der Waals surface area contributed by atoms with Gasteiger partial charge >= 0.3 is 0 Å². The summed E-state index contributed by atoms with van der Waals surface area (Å²) in [6.45, 7) is 7.54. The number of Topliss-reactive ketones (excluding diaryl/α,β-unsaturated/α-hetero) is 1. The van der Waals surface area contributed by atoms with Gasteiger partial charge in [0.2, 0.25) is 11.5 Å². The number of rotatable bonds is 3. The van der Waals surface area contributed by atoms with Gasteiger partial charge in [0.15, 0.2) is 5.76 Å². The van der Waals surface area contributed by atoms with Crippen LogP contribution in [0.15, 0.2) is 34.8 Å². The van der Waals surface area contributed by atoms with Gasteiger partial charge in [0.1, 0.15) is 0 Å². The number of carbonyl (C=O) groups is 1. The summed E-state index contributed by atoms with van der Waals surface area (Å²) >= 11 is 0. The quantitative estimate of drug-likeness (QED) is 0.775. The Labute approximate surface area is 89.7 Å². The van der Waals surface area contributed by atoms with Gasteiger partial charge in [-0.3, -0.25) is 4.79 Å². The van der Waals surface area contributed by atoms with Crippen molar-refractivity contribution in [2.45, 2.75) is 26.7 Å². The molecule has 0 aromatic heterocycles. The van der Waals surface area contributed by atoms with E-state index >= 15 is 0 Å². The molecule has 0 aliphatic heterocycles. The van der Waals surface area contributed by atoms with Gasteiger partial charge in [-0.25, -0.2) is 0 Å². The summed E-state index contributed by atoms with van der Waals surface area (Å²) in [6.07, 6.45) is 1.56. The van der Waals surface area contributed by atoms with Gasteiger partial charge in [-0.2, -0.15) is 0 Å². The summed E-state index contributed by atoms with van der Waals surface area (Å²) in [5.41, 5.74) is 1.94. The lowest BCUT2D eigenvalue weighted by atomic mass is 9.88. The number of allylic oxidation sites excluding steroid dienone is 2. The standard InChI is InChI=1S/C12H16O3/c1-5-6-9-7(2)8(3)10(13)12(15-4)11(9)14/h13H,3,5-6H2,1-2,4H3. The highest BCUT2D eigenvalue weighted by atomic mass is 16.5. The van der Waals surface area contributed by atoms with Crippen LogP contribution in [-0.2, 0) is 9.53 Å². The third kappa shape index (κ3) is 1.82. The summed E-state index contributed by atoms with van der Waals surface area (Å²) < 4.78 is 4.90. The Morgan fingerprint density at radius 1 is 1.47 bits per heavy atom. The van der Waals surface area contributed by atoms with E-state index in [1.165, 1.54) is 7.11 Å². The van der Waals surface area contributed by atoms with Gasteiger partial charge in [0, 0.05) is 11.1 Å². The Balaban J connectivity index is 3.21. The highest BCUT2D eigenvalue weighted by Gasteiger charge is 2.29. The van der Waals surface area contributed by atoms with E-state index in [2.05, 4.69) is 6.58 Å². The molecule has 0 amide bonds. The first-order valence-electron chi connectivity index (χ1n) is 4.95. The first kappa shape index (κ1) is 11.6. The first-order chi connectivity index (χ1) is 7.04. The molecule has 15 heavy (non-hydrogen) atoms. The average Bonchev–Trinajstić information content (AvgIpc) is 2.22. The molecule has 1 aliphatic rings. The Kier molecular flexibility index (Phi) is 3.35. The van der Waals surface area contributed by atoms with Crippen molar-refractivity contribution in [1.29, 1.82) is 0 Å². The molecule has 0 saturated carbocycles. The summed E-state index contributed by atoms with van der Waals surface area (Å²) in [7, 11) is 1.38. The molecule has 0 atom stereocenters. The maximum atomic E-state index is 11.9. The van der Waals surface area contributed by atoms with E-state index in [0.29, 0.717) is 17.6 Å². The smallest absolute Gasteiger partial charge is 0.227 e. The zero-order valence-corrected chi connectivity index (χ0v) is 9.39. The predicted molar refractivity (Wildman–Crippen MR) is 58.4 cm³/mol. The Morgan fingerprint density at radius 3 is 2.53 bits per heavy atom. The van der Waals surface area contributed by atoms with Crippen molar-refractivity contribution in [3.8, 4) is 0 Å². The van der Waals surface area contributed by atoms with E-state index in [-0.39, 0.29) is 17.3 Å². The van der Waals surface area contributed by atoms with Gasteiger partial charge < -0.3 is 9.84 Å². The van der Waals surface area contributed by atoms with Crippen LogP contribution in [-0.4, -0.2) is 18.0 Å². The van der Waals surface area contributed by atoms with Crippen LogP contribution in [0.5, 0.6) is 0 Å². The molecule has 0 fully saturated rings. The van der Waals surface area contributed by atoms with E-state index in [1.54, 1.807) is 6.92 Å². The summed E-state index contributed by atoms with van der Waals surface area (Å²) in [4.78, 5) is 11.9. The van der Waals surface area contributed by atoms with Crippen molar-refractivity contribution in [2.24, 2.45) is 0 Å². The SMILES string of the molecule is C=C1C(C)=C(CCC)C(=O)C(OC)=C1O. The molecule has 0 spiro atoms. The number of hydrogen-bond donors (Lipinski definition) is 1. The fourth-order valence-corrected chi connectivity index (χ4v) is 1.65. The van der Waals surface area contributed by atoms with Gasteiger partial charge in [-0.1, -0.05) is 19.9 Å². The zero-order valence-electron chi connectivity index (χ0n) is 9.39. The van der Waals surface area contributed by atoms with E-state index in [0.717, 1.165) is 12.0 Å². The second-order valence-corrected chi connectivity index (χ2v) is 3.54. The van der Waals surface area contributed by atoms with Crippen LogP contribution in [0, 0.1) is 0 Å². The van der Waals surface area contributed by atoms with Crippen LogP contribution >= 0.6 is 0 Å². The monoisotopic (exact) mass is 208 g/mol. The second-order valence-electron chi connectivity index (χ2n) is 3.54. The normalized spacial score (nSPS) is 17.5. The van der Waals surface area contributed by atoms with Crippen LogP contribution in [0.3, 0.4) is 0 Å². The van der Waals surface area contributed by atoms with Crippen LogP contribution in [0.1, 0.15) is 26.7 Å². The van der Waals surface area contributed by atoms with Crippen LogP contribution in [0.25, 0.3) is 0 Å². The Hall–Kier alpha value is -1.51. The maximum Gasteiger partial charge on any atom is 0.227 e. The molecule has 1 N–H and O–H groups in total. The van der Waals surface area contributed by atoms with Crippen molar-refractivity contribution in [3.63, 3.8) is 0 Å². The molecule has 0 aromatic rings. The third-order valence-electron chi connectivity index (χ3n) is 2.59. The summed E-state index contributed by atoms with van der Waals surface area (Å²) in [5, 5.41) is 9.66. The second kappa shape index (κ2) is 4.34. The average molecular weight is 208 g/mol. The maximum absolute atomic E-state index is 11.9. The summed E-state index contributed by atoms with van der Waals surface area (Å²) in [6, 6.07) is 0. The van der Waals surface area contributed by atoms with Gasteiger partial charge in [-0.05, 0) is 18.9 Å². The summed E-state index contributed by atoms with van der Waals surface area (Å²) in [5.74, 6) is -0.351. The van der Waals surface area contributed by atoms with Crippen molar-refractivity contribution in [3.05, 3.63) is 34.8 Å². The minimum atomic E-state index is -0.221. The molecule has 0 unspecified atom stereocenters. The number of methoxy groups -OCH3 is 1. The topological polar surface area (TPSA) is 46.5 Å². The minimum absolute atomic E-state index is 0.00838. The van der Waals surface area contributed by atoms with Gasteiger partial charge in [0.25, 0.3) is 0 Å². The molecule has 3 nitrogen and oxygen atoms in total. The van der Waals surface area contributed by atoms with E-state index in [1.807, 2.05) is 6.92 Å². The van der Waals surface area contributed by atoms with E-state index in [9.17, 15) is 9.90 Å². The fourth-order valence-electron chi connectivity index (χ4n) is 1.65. The highest BCUT2D eigenvalue weighted by molar-refractivity contribution is 6.10. The number of aliphatic hydroxyl groups is 1. The zero-order chi connectivity index (χ0) is 11.6. The molecule has 3 heteroatoms. The number of ether oxygens (including phenoxy) is 1. The lowest BCUT2D eigenvalue weighted by Gasteiger charge is -2.20. The largest absolute Gasteiger partial charge is 0.504 e. The Morgan fingerprint density at radius 2 is 2.07 bits per heavy atom. The highest BCUT2D eigenvalue weighted by Crippen LogP contribution is 2.31. The van der Waals surface area contributed by atoms with Gasteiger partial charge in [0.05, 0.1) is 7.11 Å². The minimum Gasteiger partial charge on any atom is -0.504 e. The molecule has 0 bridgehead atoms. The van der Waals surface area contributed by atoms with E-state index in [4.69, 9.17) is 4.74 Å². The molecule has 0 heterocycles. The van der Waals surface area contributed by atoms with Crippen LogP contribution in [0.4, 0.5) is 0 Å². The predicted octanol–water partition coefficient (Wildman–Crippen LogP) is 2.66. The number of carbonyl (C=O) groups excluding carboxylic acids is 1. The van der Waals surface area contributed by atoms with Crippen molar-refractivity contribution >= 4 is 5.78 Å². The first-order valence-corrected chi connectivity index (χ1v) is 4.95. The molecular formula is C12H16O3. The number of aliphatic hydroxyl groups excluding tert-OH is 1. The van der Waals surface area contributed by atoms with Crippen molar-refractivity contribution in [1.82, 2.24) is 0 Å². The Bertz CT molecular complexity index is 372. The number of ketones is 1. The van der Waals surface area contributed by atoms with Gasteiger partial charge in [-0.15, -0.1) is 0 Å². The van der Waals surface area contributed by atoms with E-state index < -0.39 is 0 Å². The molecule has 0 aromatic carbocycles. The molecular weight excluding hydrogens is 192 g/mol. The third-order valence-corrected chi connectivity index (χ3v) is 2.59. The number of hydrogen-bond acceptors (Lipinski definition) is 3. The van der Waals surface area contributed by atoms with Crippen LogP contribution < -0.4 is 0 Å². The molecule has 0 saturated heterocycles. The van der Waals surface area contributed by atoms with Crippen molar-refractivity contribution < 1.29 is 14.6 Å². The lowest BCUT2D eigenvalue weighted by molar-refractivity contribution is -0.115. The van der Waals surface area contributed by atoms with Crippen molar-refractivity contribution in [2.75, 3.05) is 7.11 Å². The molecule has 82 valence electrons. The van der Waals surface area contributed by atoms with Crippen LogP contribution in [0.2, 0.25) is 0 Å². The fraction of sp³-hybridized carbons (Fsp3) is 0.417. The molecule has 1 aliphatic carbocycles. The molecule has 0 radical (unpaired) electrons. The molecule has 1 rings (SSSR count). The lowest BCUT2D eigenvalue weighted by Crippen LogP contribution is -2.18.